The first-order valence-corrected chi connectivity index (χ1v) is 11.0. The van der Waals surface area contributed by atoms with Gasteiger partial charge in [0.25, 0.3) is 0 Å². The van der Waals surface area contributed by atoms with Crippen molar-refractivity contribution in [3.8, 4) is 0 Å². The summed E-state index contributed by atoms with van der Waals surface area (Å²) in [5.74, 6) is 0. The second-order valence-electron chi connectivity index (χ2n) is 6.76. The SMILES string of the molecule is CCCCCCCCCCCCC(O)CC(CCC)S(=O)(=O)[O-].[K+]. The summed E-state index contributed by atoms with van der Waals surface area (Å²) in [5.41, 5.74) is 0. The predicted molar refractivity (Wildman–Crippen MR) is 95.5 cm³/mol. The van der Waals surface area contributed by atoms with E-state index in [0.29, 0.717) is 19.3 Å². The van der Waals surface area contributed by atoms with E-state index in [4.69, 9.17) is 0 Å². The van der Waals surface area contributed by atoms with Crippen LogP contribution in [0.1, 0.15) is 104 Å². The van der Waals surface area contributed by atoms with Gasteiger partial charge < -0.3 is 9.66 Å². The quantitative estimate of drug-likeness (QED) is 0.248. The molecule has 140 valence electrons. The standard InChI is InChI=1S/C18H38O4S.K/c1-3-5-6-7-8-9-10-11-12-13-15-17(19)16-18(14-4-2)23(20,21)22;/h17-19H,3-16H2,1-2H3,(H,20,21,22);/q;+1/p-1. The summed E-state index contributed by atoms with van der Waals surface area (Å²) in [6.45, 7) is 4.08. The van der Waals surface area contributed by atoms with E-state index in [1.807, 2.05) is 6.92 Å². The maximum absolute atomic E-state index is 11.1. The predicted octanol–water partition coefficient (Wildman–Crippen LogP) is 1.77. The topological polar surface area (TPSA) is 77.4 Å². The Kier molecular flexibility index (Phi) is 20.7. The smallest absolute Gasteiger partial charge is 0.748 e. The van der Waals surface area contributed by atoms with Crippen molar-refractivity contribution in [1.82, 2.24) is 0 Å². The van der Waals surface area contributed by atoms with E-state index < -0.39 is 21.5 Å². The van der Waals surface area contributed by atoms with Gasteiger partial charge in [0, 0.05) is 0 Å². The second kappa shape index (κ2) is 17.9. The Morgan fingerprint density at radius 1 is 0.792 bits per heavy atom. The molecule has 0 saturated heterocycles. The van der Waals surface area contributed by atoms with Crippen molar-refractivity contribution in [2.24, 2.45) is 0 Å². The van der Waals surface area contributed by atoms with Crippen LogP contribution in [-0.4, -0.2) is 29.4 Å². The molecule has 0 saturated carbocycles. The molecule has 6 heteroatoms. The van der Waals surface area contributed by atoms with Crippen molar-refractivity contribution in [3.63, 3.8) is 0 Å². The zero-order valence-corrected chi connectivity index (χ0v) is 20.1. The van der Waals surface area contributed by atoms with Crippen LogP contribution in [0.2, 0.25) is 0 Å². The molecular weight excluding hydrogens is 351 g/mol. The van der Waals surface area contributed by atoms with Crippen molar-refractivity contribution in [3.05, 3.63) is 0 Å². The minimum atomic E-state index is -4.28. The fraction of sp³-hybridized carbons (Fsp3) is 1.00. The molecule has 0 aliphatic carbocycles. The molecule has 0 aromatic rings. The normalized spacial score (nSPS) is 14.2. The molecule has 0 heterocycles. The van der Waals surface area contributed by atoms with Crippen LogP contribution < -0.4 is 51.4 Å². The van der Waals surface area contributed by atoms with E-state index in [-0.39, 0.29) is 57.8 Å². The number of rotatable bonds is 16. The fourth-order valence-electron chi connectivity index (χ4n) is 2.99. The zero-order chi connectivity index (χ0) is 17.6. The summed E-state index contributed by atoms with van der Waals surface area (Å²) in [4.78, 5) is 0. The summed E-state index contributed by atoms with van der Waals surface area (Å²) >= 11 is 0. The van der Waals surface area contributed by atoms with Gasteiger partial charge in [-0.15, -0.1) is 0 Å². The van der Waals surface area contributed by atoms with Gasteiger partial charge >= 0.3 is 51.4 Å². The largest absolute Gasteiger partial charge is 1.00 e. The van der Waals surface area contributed by atoms with Gasteiger partial charge in [-0.2, -0.15) is 0 Å². The van der Waals surface area contributed by atoms with Gasteiger partial charge in [-0.25, -0.2) is 8.42 Å². The molecule has 1 N–H and O–H groups in total. The molecule has 0 bridgehead atoms. The first kappa shape index (κ1) is 27.7. The van der Waals surface area contributed by atoms with Gasteiger partial charge in [0.05, 0.1) is 21.5 Å². The van der Waals surface area contributed by atoms with Crippen LogP contribution in [0.15, 0.2) is 0 Å². The van der Waals surface area contributed by atoms with E-state index >= 15 is 0 Å². The van der Waals surface area contributed by atoms with E-state index in [1.165, 1.54) is 51.4 Å². The van der Waals surface area contributed by atoms with Crippen molar-refractivity contribution in [2.45, 2.75) is 115 Å². The molecule has 2 unspecified atom stereocenters. The van der Waals surface area contributed by atoms with Crippen molar-refractivity contribution >= 4 is 10.1 Å². The number of unbranched alkanes of at least 4 members (excludes halogenated alkanes) is 9. The fourth-order valence-corrected chi connectivity index (χ4v) is 3.97. The summed E-state index contributed by atoms with van der Waals surface area (Å²) in [7, 11) is -4.28. The molecule has 0 fully saturated rings. The third kappa shape index (κ3) is 16.9. The molecule has 24 heavy (non-hydrogen) atoms. The number of hydrogen-bond donors (Lipinski definition) is 1. The first-order chi connectivity index (χ1) is 10.9. The Morgan fingerprint density at radius 2 is 1.25 bits per heavy atom. The molecule has 0 rings (SSSR count). The Bertz CT molecular complexity index is 360. The van der Waals surface area contributed by atoms with Crippen LogP contribution in [0.25, 0.3) is 0 Å². The van der Waals surface area contributed by atoms with E-state index in [2.05, 4.69) is 6.92 Å². The van der Waals surface area contributed by atoms with Gasteiger partial charge in [0.1, 0.15) is 0 Å². The van der Waals surface area contributed by atoms with Crippen LogP contribution in [0.5, 0.6) is 0 Å². The third-order valence-electron chi connectivity index (χ3n) is 4.44. The molecule has 0 amide bonds. The summed E-state index contributed by atoms with van der Waals surface area (Å²) < 4.78 is 33.4. The van der Waals surface area contributed by atoms with E-state index in [9.17, 15) is 18.1 Å². The Morgan fingerprint density at radius 3 is 1.67 bits per heavy atom. The Balaban J connectivity index is 0. The average Bonchev–Trinajstić information content (AvgIpc) is 2.48. The monoisotopic (exact) mass is 388 g/mol. The summed E-state index contributed by atoms with van der Waals surface area (Å²) in [6, 6.07) is 0. The van der Waals surface area contributed by atoms with E-state index in [0.717, 1.165) is 12.8 Å². The minimum Gasteiger partial charge on any atom is -0.748 e. The van der Waals surface area contributed by atoms with Gasteiger partial charge in [-0.05, 0) is 19.3 Å². The second-order valence-corrected chi connectivity index (χ2v) is 8.42. The van der Waals surface area contributed by atoms with Crippen LogP contribution in [0.4, 0.5) is 0 Å². The van der Waals surface area contributed by atoms with Crippen molar-refractivity contribution < 1.29 is 69.5 Å². The van der Waals surface area contributed by atoms with Crippen molar-refractivity contribution in [2.75, 3.05) is 0 Å². The molecule has 0 aromatic heterocycles. The molecule has 4 nitrogen and oxygen atoms in total. The van der Waals surface area contributed by atoms with Crippen LogP contribution in [-0.2, 0) is 10.1 Å². The van der Waals surface area contributed by atoms with Crippen molar-refractivity contribution in [1.29, 1.82) is 0 Å². The summed E-state index contributed by atoms with van der Waals surface area (Å²) in [6.07, 6.45) is 13.4. The molecule has 0 aliphatic rings. The molecule has 0 aromatic carbocycles. The van der Waals surface area contributed by atoms with Gasteiger partial charge in [0.15, 0.2) is 0 Å². The maximum atomic E-state index is 11.1. The van der Waals surface area contributed by atoms with E-state index in [1.54, 1.807) is 0 Å². The van der Waals surface area contributed by atoms with Gasteiger partial charge in [-0.1, -0.05) is 84.5 Å². The molecular formula is C18H37KO4S. The average molecular weight is 389 g/mol. The third-order valence-corrected chi connectivity index (χ3v) is 5.69. The first-order valence-electron chi connectivity index (χ1n) is 9.54. The van der Waals surface area contributed by atoms with Crippen LogP contribution in [0, 0.1) is 0 Å². The molecule has 0 aliphatic heterocycles. The van der Waals surface area contributed by atoms with Crippen LogP contribution in [0.3, 0.4) is 0 Å². The minimum absolute atomic E-state index is 0. The molecule has 2 atom stereocenters. The zero-order valence-electron chi connectivity index (χ0n) is 16.1. The van der Waals surface area contributed by atoms with Gasteiger partial charge in [-0.3, -0.25) is 0 Å². The Labute approximate surface area is 192 Å². The molecule has 0 spiro atoms. The number of aliphatic hydroxyl groups excluding tert-OH is 1. The molecule has 0 radical (unpaired) electrons. The number of hydrogen-bond acceptors (Lipinski definition) is 4. The van der Waals surface area contributed by atoms with Crippen LogP contribution >= 0.6 is 0 Å². The Hall–Kier alpha value is 1.51. The number of aliphatic hydroxyl groups is 1. The summed E-state index contributed by atoms with van der Waals surface area (Å²) in [5, 5.41) is 9.00. The maximum Gasteiger partial charge on any atom is 1.00 e. The van der Waals surface area contributed by atoms with Gasteiger partial charge in [0.2, 0.25) is 0 Å².